The Hall–Kier alpha value is 1.26. The van der Waals surface area contributed by atoms with Crippen LogP contribution in [0.1, 0.15) is 0 Å². The minimum atomic E-state index is -0.948. The van der Waals surface area contributed by atoms with Gasteiger partial charge in [0.05, 0.1) is 0 Å². The number of esters is 1. The SMILES string of the molecule is O=C(OCCS)C(Br)(Br)Br. The molecule has 0 heterocycles. The summed E-state index contributed by atoms with van der Waals surface area (Å²) in [6.45, 7) is 0.312. The van der Waals surface area contributed by atoms with Gasteiger partial charge in [0.15, 0.2) is 0 Å². The minimum Gasteiger partial charge on any atom is -0.462 e. The average Bonchev–Trinajstić information content (AvgIpc) is 1.80. The van der Waals surface area contributed by atoms with E-state index in [0.717, 1.165) is 0 Å². The average molecular weight is 357 g/mol. The van der Waals surface area contributed by atoms with Crippen molar-refractivity contribution >= 4 is 66.4 Å². The molecule has 6 heteroatoms. The molecule has 0 amide bonds. The third kappa shape index (κ3) is 4.98. The van der Waals surface area contributed by atoms with Crippen molar-refractivity contribution in [3.8, 4) is 0 Å². The summed E-state index contributed by atoms with van der Waals surface area (Å²) in [5.74, 6) is 0.107. The lowest BCUT2D eigenvalue weighted by molar-refractivity contribution is -0.140. The molecular formula is C4H5Br3O2S. The summed E-state index contributed by atoms with van der Waals surface area (Å²) in [4.78, 5) is 10.8. The van der Waals surface area contributed by atoms with Crippen LogP contribution in [0.3, 0.4) is 0 Å². The Morgan fingerprint density at radius 2 is 2.00 bits per heavy atom. The predicted octanol–water partition coefficient (Wildman–Crippen LogP) is 2.30. The normalized spacial score (nSPS) is 11.2. The molecule has 0 radical (unpaired) electrons. The first-order valence-corrected chi connectivity index (χ1v) is 5.34. The van der Waals surface area contributed by atoms with Crippen molar-refractivity contribution in [2.45, 2.75) is 2.14 Å². The molecule has 0 bridgehead atoms. The van der Waals surface area contributed by atoms with E-state index in [4.69, 9.17) is 4.74 Å². The number of alkyl halides is 3. The van der Waals surface area contributed by atoms with Gasteiger partial charge in [0.25, 0.3) is 0 Å². The number of thiol groups is 1. The highest BCUT2D eigenvalue weighted by Gasteiger charge is 2.30. The molecule has 0 aromatic carbocycles. The minimum absolute atomic E-state index is 0.312. The topological polar surface area (TPSA) is 26.3 Å². The molecular weight excluding hydrogens is 352 g/mol. The molecule has 2 nitrogen and oxygen atoms in total. The molecule has 0 aliphatic rings. The Bertz CT molecular complexity index is 122. The zero-order chi connectivity index (χ0) is 8.20. The smallest absolute Gasteiger partial charge is 0.344 e. The van der Waals surface area contributed by atoms with Crippen molar-refractivity contribution in [1.29, 1.82) is 0 Å². The molecule has 0 saturated carbocycles. The Morgan fingerprint density at radius 1 is 1.50 bits per heavy atom. The van der Waals surface area contributed by atoms with E-state index >= 15 is 0 Å². The van der Waals surface area contributed by atoms with Crippen molar-refractivity contribution in [3.63, 3.8) is 0 Å². The Morgan fingerprint density at radius 3 is 2.30 bits per heavy atom. The fraction of sp³-hybridized carbons (Fsp3) is 0.750. The molecule has 0 aliphatic carbocycles. The second-order valence-electron chi connectivity index (χ2n) is 1.36. The van der Waals surface area contributed by atoms with E-state index in [9.17, 15) is 4.79 Å². The largest absolute Gasteiger partial charge is 0.462 e. The maximum absolute atomic E-state index is 10.8. The lowest BCUT2D eigenvalue weighted by Crippen LogP contribution is -2.21. The fourth-order valence-corrected chi connectivity index (χ4v) is 0.655. The molecule has 0 fully saturated rings. The molecule has 0 unspecified atom stereocenters. The number of carbonyl (C=O) groups is 1. The lowest BCUT2D eigenvalue weighted by atomic mass is 10.8. The Kier molecular flexibility index (Phi) is 5.63. The number of halogens is 3. The van der Waals surface area contributed by atoms with E-state index in [0.29, 0.717) is 12.4 Å². The summed E-state index contributed by atoms with van der Waals surface area (Å²) >= 11 is 12.9. The van der Waals surface area contributed by atoms with Crippen molar-refractivity contribution in [2.24, 2.45) is 0 Å². The molecule has 0 aliphatic heterocycles. The summed E-state index contributed by atoms with van der Waals surface area (Å²) in [7, 11) is 0. The van der Waals surface area contributed by atoms with Gasteiger partial charge in [0.2, 0.25) is 2.14 Å². The van der Waals surface area contributed by atoms with Crippen LogP contribution < -0.4 is 0 Å². The monoisotopic (exact) mass is 354 g/mol. The zero-order valence-electron chi connectivity index (χ0n) is 4.81. The summed E-state index contributed by atoms with van der Waals surface area (Å²) in [6.07, 6.45) is 0. The zero-order valence-corrected chi connectivity index (χ0v) is 10.5. The second kappa shape index (κ2) is 5.00. The van der Waals surface area contributed by atoms with Gasteiger partial charge >= 0.3 is 5.97 Å². The van der Waals surface area contributed by atoms with Crippen molar-refractivity contribution in [3.05, 3.63) is 0 Å². The van der Waals surface area contributed by atoms with Gasteiger partial charge in [-0.2, -0.15) is 12.6 Å². The molecule has 0 spiro atoms. The number of hydrogen-bond acceptors (Lipinski definition) is 3. The molecule has 10 heavy (non-hydrogen) atoms. The van der Waals surface area contributed by atoms with Crippen LogP contribution in [0, 0.1) is 0 Å². The van der Waals surface area contributed by atoms with E-state index in [2.05, 4.69) is 60.4 Å². The van der Waals surface area contributed by atoms with Crippen LogP contribution in [0.2, 0.25) is 0 Å². The van der Waals surface area contributed by atoms with E-state index in [1.54, 1.807) is 0 Å². The van der Waals surface area contributed by atoms with Gasteiger partial charge in [-0.15, -0.1) is 0 Å². The molecule has 0 N–H and O–H groups in total. The molecule has 0 rings (SSSR count). The summed E-state index contributed by atoms with van der Waals surface area (Å²) < 4.78 is 3.75. The molecule has 0 aromatic heterocycles. The maximum Gasteiger partial charge on any atom is 0.344 e. The van der Waals surface area contributed by atoms with Crippen LogP contribution in [0.4, 0.5) is 0 Å². The number of hydrogen-bond donors (Lipinski definition) is 1. The Labute approximate surface area is 89.9 Å². The van der Waals surface area contributed by atoms with Gasteiger partial charge in [0.1, 0.15) is 6.61 Å². The molecule has 0 saturated heterocycles. The molecule has 0 atom stereocenters. The number of carbonyl (C=O) groups excluding carboxylic acids is 1. The standard InChI is InChI=1S/C4H5Br3O2S/c5-4(6,7)3(8)9-1-2-10/h10H,1-2H2. The fourth-order valence-electron chi connectivity index (χ4n) is 0.220. The number of ether oxygens (including phenoxy) is 1. The third-order valence-electron chi connectivity index (χ3n) is 0.556. The van der Waals surface area contributed by atoms with Crippen molar-refractivity contribution in [2.75, 3.05) is 12.4 Å². The lowest BCUT2D eigenvalue weighted by Gasteiger charge is -2.09. The first-order chi connectivity index (χ1) is 4.48. The summed E-state index contributed by atoms with van der Waals surface area (Å²) in [5.41, 5.74) is 0. The first-order valence-electron chi connectivity index (χ1n) is 2.33. The van der Waals surface area contributed by atoms with Crippen LogP contribution in [0.25, 0.3) is 0 Å². The van der Waals surface area contributed by atoms with Gasteiger partial charge in [-0.25, -0.2) is 4.79 Å². The number of rotatable bonds is 2. The van der Waals surface area contributed by atoms with Crippen LogP contribution in [0.15, 0.2) is 0 Å². The quantitative estimate of drug-likeness (QED) is 0.467. The van der Waals surface area contributed by atoms with Gasteiger partial charge in [-0.3, -0.25) is 0 Å². The predicted molar refractivity (Wildman–Crippen MR) is 54.3 cm³/mol. The van der Waals surface area contributed by atoms with E-state index in [1.807, 2.05) is 0 Å². The molecule has 0 aromatic rings. The van der Waals surface area contributed by atoms with Crippen LogP contribution in [-0.2, 0) is 9.53 Å². The van der Waals surface area contributed by atoms with Crippen LogP contribution >= 0.6 is 60.4 Å². The van der Waals surface area contributed by atoms with Crippen molar-refractivity contribution in [1.82, 2.24) is 0 Å². The van der Waals surface area contributed by atoms with E-state index < -0.39 is 8.11 Å². The third-order valence-corrected chi connectivity index (χ3v) is 1.71. The molecule has 60 valence electrons. The van der Waals surface area contributed by atoms with Crippen LogP contribution in [-0.4, -0.2) is 20.5 Å². The second-order valence-corrected chi connectivity index (χ2v) is 8.57. The first kappa shape index (κ1) is 11.3. The highest BCUT2D eigenvalue weighted by molar-refractivity contribution is 9.40. The Balaban J connectivity index is 3.64. The summed E-state index contributed by atoms with van der Waals surface area (Å²) in [6, 6.07) is 0. The van der Waals surface area contributed by atoms with Gasteiger partial charge in [-0.05, 0) is 47.8 Å². The highest BCUT2D eigenvalue weighted by atomic mass is 80.0. The van der Waals surface area contributed by atoms with Gasteiger partial charge in [0, 0.05) is 5.75 Å². The maximum atomic E-state index is 10.8. The van der Waals surface area contributed by atoms with Crippen LogP contribution in [0.5, 0.6) is 0 Å². The van der Waals surface area contributed by atoms with E-state index in [-0.39, 0.29) is 0 Å². The summed E-state index contributed by atoms with van der Waals surface area (Å²) in [5, 5.41) is 0. The highest BCUT2D eigenvalue weighted by Crippen LogP contribution is 2.34. The van der Waals surface area contributed by atoms with Gasteiger partial charge in [-0.1, -0.05) is 0 Å². The van der Waals surface area contributed by atoms with Crippen molar-refractivity contribution < 1.29 is 9.53 Å². The van der Waals surface area contributed by atoms with E-state index in [1.165, 1.54) is 0 Å². The van der Waals surface area contributed by atoms with Gasteiger partial charge < -0.3 is 4.74 Å².